The van der Waals surface area contributed by atoms with Crippen LogP contribution in [-0.4, -0.2) is 24.2 Å². The van der Waals surface area contributed by atoms with Crippen LogP contribution in [0.2, 0.25) is 0 Å². The average Bonchev–Trinajstić information content (AvgIpc) is 3.39. The molecule has 2 rings (SSSR count). The largest absolute Gasteiger partial charge is 0.491 e. The molecule has 1 aromatic rings. The van der Waals surface area contributed by atoms with Gasteiger partial charge in [-0.05, 0) is 69.7 Å². The molecule has 1 N–H and O–H groups in total. The maximum atomic E-state index is 12.7. The molecule has 0 spiro atoms. The van der Waals surface area contributed by atoms with E-state index in [0.717, 1.165) is 37.1 Å². The van der Waals surface area contributed by atoms with Crippen LogP contribution in [0.15, 0.2) is 24.3 Å². The number of hydrogen-bond donors (Lipinski definition) is 1. The number of benzene rings is 1. The normalized spacial score (nSPS) is 18.1. The van der Waals surface area contributed by atoms with E-state index in [-0.39, 0.29) is 12.0 Å². The zero-order valence-corrected chi connectivity index (χ0v) is 14.7. The summed E-state index contributed by atoms with van der Waals surface area (Å²) in [6, 6.07) is 7.54. The Bertz CT molecular complexity index is 510. The van der Waals surface area contributed by atoms with Crippen molar-refractivity contribution in [1.82, 2.24) is 0 Å². The average molecular weight is 319 g/mol. The van der Waals surface area contributed by atoms with Crippen molar-refractivity contribution in [2.24, 2.45) is 5.92 Å². The lowest BCUT2D eigenvalue weighted by atomic mass is 9.98. The van der Waals surface area contributed by atoms with E-state index in [9.17, 15) is 4.79 Å². The molecule has 1 aliphatic carbocycles. The summed E-state index contributed by atoms with van der Waals surface area (Å²) in [7, 11) is 0. The molecule has 1 saturated carbocycles. The van der Waals surface area contributed by atoms with Gasteiger partial charge in [0.1, 0.15) is 11.4 Å². The van der Waals surface area contributed by atoms with E-state index in [0.29, 0.717) is 12.5 Å². The Labute approximate surface area is 139 Å². The highest BCUT2D eigenvalue weighted by molar-refractivity contribution is 5.97. The Morgan fingerprint density at radius 2 is 1.96 bits per heavy atom. The molecule has 4 heteroatoms. The molecule has 4 nitrogen and oxygen atoms in total. The molecule has 0 bridgehead atoms. The van der Waals surface area contributed by atoms with Gasteiger partial charge >= 0.3 is 0 Å². The Kier molecular flexibility index (Phi) is 6.05. The Morgan fingerprint density at radius 3 is 2.48 bits per heavy atom. The number of carbonyl (C=O) groups is 1. The van der Waals surface area contributed by atoms with Crippen molar-refractivity contribution in [2.45, 2.75) is 65.1 Å². The third-order valence-electron chi connectivity index (χ3n) is 4.44. The quantitative estimate of drug-likeness (QED) is 0.734. The van der Waals surface area contributed by atoms with Gasteiger partial charge in [0.05, 0.1) is 6.10 Å². The van der Waals surface area contributed by atoms with E-state index >= 15 is 0 Å². The van der Waals surface area contributed by atoms with Crippen LogP contribution in [0.4, 0.5) is 5.69 Å². The van der Waals surface area contributed by atoms with Crippen LogP contribution in [0.25, 0.3) is 0 Å². The van der Waals surface area contributed by atoms with Crippen molar-refractivity contribution in [1.29, 1.82) is 0 Å². The van der Waals surface area contributed by atoms with E-state index in [1.807, 2.05) is 38.1 Å². The second-order valence-electron chi connectivity index (χ2n) is 6.55. The second kappa shape index (κ2) is 7.82. The van der Waals surface area contributed by atoms with Gasteiger partial charge in [-0.3, -0.25) is 4.79 Å². The first-order chi connectivity index (χ1) is 11.0. The van der Waals surface area contributed by atoms with Gasteiger partial charge in [0.15, 0.2) is 0 Å². The zero-order valence-electron chi connectivity index (χ0n) is 14.7. The van der Waals surface area contributed by atoms with Gasteiger partial charge < -0.3 is 14.8 Å². The van der Waals surface area contributed by atoms with Crippen molar-refractivity contribution < 1.29 is 14.3 Å². The van der Waals surface area contributed by atoms with Gasteiger partial charge in [-0.25, -0.2) is 0 Å². The molecule has 1 amide bonds. The summed E-state index contributed by atoms with van der Waals surface area (Å²) < 4.78 is 11.6. The molecule has 0 saturated heterocycles. The molecule has 0 aromatic heterocycles. The highest BCUT2D eigenvalue weighted by Crippen LogP contribution is 2.42. The summed E-state index contributed by atoms with van der Waals surface area (Å²) in [4.78, 5) is 12.7. The molecule has 1 aliphatic rings. The standard InChI is InChI=1S/C19H29NO3/c1-5-13-22-19(4,15-7-8-15)18(21)20-16-9-11-17(12-10-16)23-14(3)6-2/h9-12,14-15H,5-8,13H2,1-4H3,(H,20,21)/t14-,19+/m1/s1. The van der Waals surface area contributed by atoms with Crippen LogP contribution in [0.3, 0.4) is 0 Å². The molecule has 0 unspecified atom stereocenters. The molecular weight excluding hydrogens is 290 g/mol. The maximum absolute atomic E-state index is 12.7. The Morgan fingerprint density at radius 1 is 1.30 bits per heavy atom. The van der Waals surface area contributed by atoms with Gasteiger partial charge in [-0.2, -0.15) is 0 Å². The predicted molar refractivity (Wildman–Crippen MR) is 92.8 cm³/mol. The van der Waals surface area contributed by atoms with Gasteiger partial charge in [0.25, 0.3) is 5.91 Å². The van der Waals surface area contributed by atoms with Crippen LogP contribution >= 0.6 is 0 Å². The molecule has 1 aromatic carbocycles. The summed E-state index contributed by atoms with van der Waals surface area (Å²) in [5.41, 5.74) is 0.0560. The first kappa shape index (κ1) is 17.8. The van der Waals surface area contributed by atoms with E-state index in [1.54, 1.807) is 0 Å². The van der Waals surface area contributed by atoms with Gasteiger partial charge in [0, 0.05) is 12.3 Å². The highest BCUT2D eigenvalue weighted by Gasteiger charge is 2.48. The van der Waals surface area contributed by atoms with Crippen molar-refractivity contribution in [2.75, 3.05) is 11.9 Å². The third kappa shape index (κ3) is 4.71. The van der Waals surface area contributed by atoms with Crippen molar-refractivity contribution in [3.8, 4) is 5.75 Å². The molecule has 0 heterocycles. The fourth-order valence-electron chi connectivity index (χ4n) is 2.50. The first-order valence-corrected chi connectivity index (χ1v) is 8.71. The lowest BCUT2D eigenvalue weighted by Crippen LogP contribution is -2.45. The lowest BCUT2D eigenvalue weighted by molar-refractivity contribution is -0.142. The number of rotatable bonds is 9. The number of nitrogens with one attached hydrogen (secondary N) is 1. The third-order valence-corrected chi connectivity index (χ3v) is 4.44. The molecule has 128 valence electrons. The minimum absolute atomic E-state index is 0.0518. The SMILES string of the molecule is CCCO[C@](C)(C(=O)Nc1ccc(O[C@H](C)CC)cc1)C1CC1. The van der Waals surface area contributed by atoms with E-state index < -0.39 is 5.60 Å². The monoisotopic (exact) mass is 319 g/mol. The van der Waals surface area contributed by atoms with Crippen LogP contribution in [0.5, 0.6) is 5.75 Å². The summed E-state index contributed by atoms with van der Waals surface area (Å²) in [5, 5.41) is 2.99. The Balaban J connectivity index is 1.98. The molecule has 0 aliphatic heterocycles. The zero-order chi connectivity index (χ0) is 16.9. The maximum Gasteiger partial charge on any atom is 0.256 e. The van der Waals surface area contributed by atoms with Crippen molar-refractivity contribution >= 4 is 11.6 Å². The summed E-state index contributed by atoms with van der Waals surface area (Å²) in [6.45, 7) is 8.72. The number of ether oxygens (including phenoxy) is 2. The highest BCUT2D eigenvalue weighted by atomic mass is 16.5. The smallest absolute Gasteiger partial charge is 0.256 e. The van der Waals surface area contributed by atoms with E-state index in [4.69, 9.17) is 9.47 Å². The first-order valence-electron chi connectivity index (χ1n) is 8.71. The summed E-state index contributed by atoms with van der Waals surface area (Å²) >= 11 is 0. The fourth-order valence-corrected chi connectivity index (χ4v) is 2.50. The number of amides is 1. The second-order valence-corrected chi connectivity index (χ2v) is 6.55. The molecule has 1 fully saturated rings. The van der Waals surface area contributed by atoms with Gasteiger partial charge in [0.2, 0.25) is 0 Å². The van der Waals surface area contributed by atoms with Crippen molar-refractivity contribution in [3.05, 3.63) is 24.3 Å². The predicted octanol–water partition coefficient (Wildman–Crippen LogP) is 4.40. The summed E-state index contributed by atoms with van der Waals surface area (Å²) in [6.07, 6.45) is 4.20. The number of hydrogen-bond acceptors (Lipinski definition) is 3. The number of anilines is 1. The van der Waals surface area contributed by atoms with E-state index in [1.165, 1.54) is 0 Å². The minimum Gasteiger partial charge on any atom is -0.491 e. The molecule has 2 atom stereocenters. The Hall–Kier alpha value is -1.55. The fraction of sp³-hybridized carbons (Fsp3) is 0.632. The molecule has 0 radical (unpaired) electrons. The lowest BCUT2D eigenvalue weighted by Gasteiger charge is -2.28. The minimum atomic E-state index is -0.720. The molecule has 23 heavy (non-hydrogen) atoms. The van der Waals surface area contributed by atoms with Crippen molar-refractivity contribution in [3.63, 3.8) is 0 Å². The van der Waals surface area contributed by atoms with Gasteiger partial charge in [-0.1, -0.05) is 13.8 Å². The number of carbonyl (C=O) groups excluding carboxylic acids is 1. The van der Waals surface area contributed by atoms with Gasteiger partial charge in [-0.15, -0.1) is 0 Å². The van der Waals surface area contributed by atoms with E-state index in [2.05, 4.69) is 19.2 Å². The van der Waals surface area contributed by atoms with Crippen LogP contribution in [0.1, 0.15) is 53.4 Å². The topological polar surface area (TPSA) is 47.6 Å². The van der Waals surface area contributed by atoms with Crippen LogP contribution in [-0.2, 0) is 9.53 Å². The van der Waals surface area contributed by atoms with Crippen LogP contribution < -0.4 is 10.1 Å². The molecular formula is C19H29NO3. The van der Waals surface area contributed by atoms with Crippen LogP contribution in [0, 0.1) is 5.92 Å². The summed E-state index contributed by atoms with van der Waals surface area (Å²) in [5.74, 6) is 1.11.